The Kier molecular flexibility index (Phi) is 7.09. The van der Waals surface area contributed by atoms with Crippen molar-refractivity contribution < 1.29 is 18.7 Å². The molecule has 2 aromatic heterocycles. The van der Waals surface area contributed by atoms with Crippen LogP contribution in [-0.4, -0.2) is 53.4 Å². The molecule has 0 radical (unpaired) electrons. The van der Waals surface area contributed by atoms with Gasteiger partial charge in [0.1, 0.15) is 5.75 Å². The van der Waals surface area contributed by atoms with Crippen LogP contribution in [0, 0.1) is 0 Å². The fourth-order valence-electron chi connectivity index (χ4n) is 3.36. The molecule has 0 aliphatic carbocycles. The van der Waals surface area contributed by atoms with Crippen LogP contribution >= 0.6 is 0 Å². The summed E-state index contributed by atoms with van der Waals surface area (Å²) in [5.74, 6) is 1.20. The van der Waals surface area contributed by atoms with E-state index in [-0.39, 0.29) is 5.76 Å². The normalized spacial score (nSPS) is 13.5. The fourth-order valence-corrected chi connectivity index (χ4v) is 3.36. The third-order valence-electron chi connectivity index (χ3n) is 5.14. The Morgan fingerprint density at radius 2 is 1.72 bits per heavy atom. The molecule has 0 atom stereocenters. The lowest BCUT2D eigenvalue weighted by atomic mass is 10.2. The monoisotopic (exact) mass is 485 g/mol. The molecule has 0 unspecified atom stereocenters. The number of aromatic nitrogens is 3. The van der Waals surface area contributed by atoms with Crippen LogP contribution in [0.4, 0.5) is 23.5 Å². The molecule has 4 aromatic rings. The van der Waals surface area contributed by atoms with Gasteiger partial charge in [-0.3, -0.25) is 0 Å². The van der Waals surface area contributed by atoms with Gasteiger partial charge in [0.25, 0.3) is 0 Å². The topological polar surface area (TPSA) is 127 Å². The third-order valence-corrected chi connectivity index (χ3v) is 5.14. The summed E-state index contributed by atoms with van der Waals surface area (Å²) in [6.07, 6.45) is 3.03. The molecule has 3 heterocycles. The van der Waals surface area contributed by atoms with Gasteiger partial charge in [-0.1, -0.05) is 18.2 Å². The molecule has 36 heavy (non-hydrogen) atoms. The summed E-state index contributed by atoms with van der Waals surface area (Å²) >= 11 is 0. The zero-order valence-corrected chi connectivity index (χ0v) is 19.2. The fraction of sp³-hybridized carbons (Fsp3) is 0.160. The number of rotatable bonds is 8. The Bertz CT molecular complexity index is 1310. The maximum atomic E-state index is 12.0. The van der Waals surface area contributed by atoms with Crippen LogP contribution in [0.25, 0.3) is 0 Å². The van der Waals surface area contributed by atoms with E-state index in [2.05, 4.69) is 30.8 Å². The van der Waals surface area contributed by atoms with E-state index >= 15 is 0 Å². The molecule has 1 saturated heterocycles. The third kappa shape index (κ3) is 6.02. The summed E-state index contributed by atoms with van der Waals surface area (Å²) in [6.45, 7) is 2.60. The highest BCUT2D eigenvalue weighted by Gasteiger charge is 2.17. The smallest absolute Gasteiger partial charge is 0.379 e. The molecule has 1 fully saturated rings. The molecule has 0 amide bonds. The van der Waals surface area contributed by atoms with Crippen LogP contribution in [0.15, 0.2) is 82.5 Å². The Balaban J connectivity index is 1.27. The average molecular weight is 486 g/mol. The van der Waals surface area contributed by atoms with Gasteiger partial charge in [-0.2, -0.15) is 20.1 Å². The lowest BCUT2D eigenvalue weighted by Gasteiger charge is -2.27. The number of esters is 1. The minimum Gasteiger partial charge on any atom is -0.457 e. The summed E-state index contributed by atoms with van der Waals surface area (Å²) in [4.78, 5) is 27.6. The van der Waals surface area contributed by atoms with Gasteiger partial charge in [0, 0.05) is 18.8 Å². The summed E-state index contributed by atoms with van der Waals surface area (Å²) in [6, 6.07) is 19.7. The summed E-state index contributed by atoms with van der Waals surface area (Å²) < 4.78 is 15.8. The van der Waals surface area contributed by atoms with E-state index in [1.54, 1.807) is 42.6 Å². The molecule has 182 valence electrons. The first kappa shape index (κ1) is 23.0. The second-order valence-electron chi connectivity index (χ2n) is 7.68. The molecular weight excluding hydrogens is 462 g/mol. The van der Waals surface area contributed by atoms with Crippen molar-refractivity contribution in [1.82, 2.24) is 15.0 Å². The number of nitrogens with zero attached hydrogens (tertiary/aromatic N) is 5. The number of para-hydroxylation sites is 1. The Morgan fingerprint density at radius 3 is 2.47 bits per heavy atom. The summed E-state index contributed by atoms with van der Waals surface area (Å²) in [5, 5.41) is 7.46. The summed E-state index contributed by atoms with van der Waals surface area (Å²) in [7, 11) is 0. The second-order valence-corrected chi connectivity index (χ2v) is 7.68. The highest BCUT2D eigenvalue weighted by molar-refractivity contribution is 5.88. The standard InChI is InChI=1S/C25H23N7O4/c33-22(21-7-4-14-35-21)36-20-10-8-18(9-11-20)17-26-31-24-28-23(27-19-5-2-1-3-6-19)29-25(30-24)32-12-15-34-16-13-32/h1-11,14,17H,12-13,15-16H2,(H2,27,28,29,30,31)/b26-17+. The zero-order valence-electron chi connectivity index (χ0n) is 19.2. The summed E-state index contributed by atoms with van der Waals surface area (Å²) in [5.41, 5.74) is 4.52. The number of hydrogen-bond acceptors (Lipinski definition) is 11. The van der Waals surface area contributed by atoms with Crippen LogP contribution in [0.2, 0.25) is 0 Å². The van der Waals surface area contributed by atoms with E-state index < -0.39 is 5.97 Å². The van der Waals surface area contributed by atoms with E-state index in [1.165, 1.54) is 6.26 Å². The van der Waals surface area contributed by atoms with E-state index in [1.807, 2.05) is 35.2 Å². The molecule has 1 aliphatic heterocycles. The first-order valence-corrected chi connectivity index (χ1v) is 11.3. The van der Waals surface area contributed by atoms with Crippen LogP contribution in [0.5, 0.6) is 5.75 Å². The van der Waals surface area contributed by atoms with Gasteiger partial charge in [-0.15, -0.1) is 0 Å². The maximum Gasteiger partial charge on any atom is 0.379 e. The molecule has 2 N–H and O–H groups in total. The predicted octanol–water partition coefficient (Wildman–Crippen LogP) is 3.71. The van der Waals surface area contributed by atoms with Gasteiger partial charge in [-0.05, 0) is 54.1 Å². The number of nitrogens with one attached hydrogen (secondary N) is 2. The lowest BCUT2D eigenvalue weighted by Crippen LogP contribution is -2.37. The van der Waals surface area contributed by atoms with E-state index in [0.717, 1.165) is 11.3 Å². The highest BCUT2D eigenvalue weighted by atomic mass is 16.5. The number of morpholine rings is 1. The van der Waals surface area contributed by atoms with E-state index in [9.17, 15) is 4.79 Å². The minimum absolute atomic E-state index is 0.139. The van der Waals surface area contributed by atoms with Gasteiger partial charge in [-0.25, -0.2) is 10.2 Å². The lowest BCUT2D eigenvalue weighted by molar-refractivity contribution is 0.0701. The molecule has 0 bridgehead atoms. The van der Waals surface area contributed by atoms with E-state index in [0.29, 0.717) is 49.9 Å². The maximum absolute atomic E-state index is 12.0. The molecule has 2 aromatic carbocycles. The van der Waals surface area contributed by atoms with Crippen LogP contribution in [0.1, 0.15) is 16.1 Å². The van der Waals surface area contributed by atoms with Crippen molar-refractivity contribution in [3.8, 4) is 5.75 Å². The number of carbonyl (C=O) groups is 1. The number of carbonyl (C=O) groups excluding carboxylic acids is 1. The molecule has 1 aliphatic rings. The van der Waals surface area contributed by atoms with Crippen molar-refractivity contribution in [2.24, 2.45) is 5.10 Å². The number of hydrogen-bond donors (Lipinski definition) is 2. The number of anilines is 4. The van der Waals surface area contributed by atoms with Crippen molar-refractivity contribution in [2.45, 2.75) is 0 Å². The van der Waals surface area contributed by atoms with Crippen molar-refractivity contribution in [3.63, 3.8) is 0 Å². The Labute approximate surface area is 206 Å². The first-order chi connectivity index (χ1) is 17.7. The molecule has 5 rings (SSSR count). The first-order valence-electron chi connectivity index (χ1n) is 11.3. The van der Waals surface area contributed by atoms with Gasteiger partial charge >= 0.3 is 5.97 Å². The number of furan rings is 1. The average Bonchev–Trinajstić information content (AvgIpc) is 3.46. The quantitative estimate of drug-likeness (QED) is 0.165. The molecular formula is C25H23N7O4. The zero-order chi connectivity index (χ0) is 24.6. The van der Waals surface area contributed by atoms with Gasteiger partial charge in [0.2, 0.25) is 23.6 Å². The molecule has 0 spiro atoms. The second kappa shape index (κ2) is 11.1. The van der Waals surface area contributed by atoms with Gasteiger partial charge in [0.05, 0.1) is 25.7 Å². The van der Waals surface area contributed by atoms with Gasteiger partial charge < -0.3 is 24.1 Å². The number of ether oxygens (including phenoxy) is 2. The minimum atomic E-state index is -0.561. The Hall–Kier alpha value is -4.77. The largest absolute Gasteiger partial charge is 0.457 e. The van der Waals surface area contributed by atoms with E-state index in [4.69, 9.17) is 13.9 Å². The van der Waals surface area contributed by atoms with Crippen LogP contribution in [0.3, 0.4) is 0 Å². The number of benzene rings is 2. The van der Waals surface area contributed by atoms with Gasteiger partial charge in [0.15, 0.2) is 0 Å². The highest BCUT2D eigenvalue weighted by Crippen LogP contribution is 2.19. The van der Waals surface area contributed by atoms with Crippen LogP contribution in [-0.2, 0) is 4.74 Å². The number of hydrazone groups is 1. The SMILES string of the molecule is O=C(Oc1ccc(/C=N/Nc2nc(Nc3ccccc3)nc(N3CCOCC3)n2)cc1)c1ccco1. The van der Waals surface area contributed by atoms with Crippen molar-refractivity contribution in [2.75, 3.05) is 41.9 Å². The van der Waals surface area contributed by atoms with Crippen LogP contribution < -0.4 is 20.4 Å². The van der Waals surface area contributed by atoms with Crippen molar-refractivity contribution in [1.29, 1.82) is 0 Å². The van der Waals surface area contributed by atoms with Crippen molar-refractivity contribution in [3.05, 3.63) is 84.3 Å². The molecule has 11 heteroatoms. The molecule has 0 saturated carbocycles. The van der Waals surface area contributed by atoms with Crippen molar-refractivity contribution >= 4 is 35.7 Å². The Morgan fingerprint density at radius 1 is 0.944 bits per heavy atom. The predicted molar refractivity (Wildman–Crippen MR) is 134 cm³/mol. The molecule has 11 nitrogen and oxygen atoms in total.